The molecule has 2 aliphatic heterocycles. The van der Waals surface area contributed by atoms with Gasteiger partial charge in [0.1, 0.15) is 0 Å². The molecule has 0 saturated carbocycles. The maximum atomic E-state index is 13.7. The van der Waals surface area contributed by atoms with Crippen LogP contribution in [-0.4, -0.2) is 95.4 Å². The van der Waals surface area contributed by atoms with Crippen LogP contribution in [0, 0.1) is 0 Å². The minimum atomic E-state index is -2.84. The van der Waals surface area contributed by atoms with E-state index in [0.717, 1.165) is 17.4 Å². The number of piperazine rings is 1. The molecule has 0 spiro atoms. The highest BCUT2D eigenvalue weighted by atomic mass is 32.2. The van der Waals surface area contributed by atoms with Crippen LogP contribution in [0.5, 0.6) is 0 Å². The second kappa shape index (κ2) is 13.3. The SMILES string of the molecule is C=N/N=C(\Sc1cc(SNC2(O)COC2)cc(N2CCN(S(=O)C(C)C)CC2)c1/C=N\NC)C(F)F. The van der Waals surface area contributed by atoms with E-state index in [2.05, 4.69) is 37.1 Å². The van der Waals surface area contributed by atoms with Crippen LogP contribution < -0.4 is 15.0 Å². The summed E-state index contributed by atoms with van der Waals surface area (Å²) in [6, 6.07) is 3.65. The summed E-state index contributed by atoms with van der Waals surface area (Å²) < 4.78 is 49.9. The Morgan fingerprint density at radius 2 is 2.00 bits per heavy atom. The Bertz CT molecular complexity index is 1000. The van der Waals surface area contributed by atoms with Gasteiger partial charge in [-0.25, -0.2) is 22.0 Å². The highest BCUT2D eigenvalue weighted by molar-refractivity contribution is 8.14. The fraction of sp³-hybridized carbons (Fsp3) is 0.571. The first-order valence-electron chi connectivity index (χ1n) is 11.2. The smallest absolute Gasteiger partial charge is 0.288 e. The molecule has 3 rings (SSSR count). The van der Waals surface area contributed by atoms with Crippen molar-refractivity contribution in [3.8, 4) is 0 Å². The van der Waals surface area contributed by atoms with E-state index in [-0.39, 0.29) is 18.5 Å². The molecule has 2 saturated heterocycles. The summed E-state index contributed by atoms with van der Waals surface area (Å²) >= 11 is 1.97. The standard InChI is InChI=1S/C21H31F2N7O3S3/c1-14(2)36(32)30-7-5-29(6-8-30)17-9-15(35-28-21(31)12-33-13-21)10-18(16(17)11-26-24-3)34-20(19(22)23)27-25-4/h9-11,14,19,24,28,31H,4-8,12-13H2,1-3H3/b26-11-,27-20-. The van der Waals surface area contributed by atoms with Gasteiger partial charge in [-0.1, -0.05) is 11.8 Å². The molecule has 2 heterocycles. The number of hydrogen-bond acceptors (Lipinski definition) is 11. The summed E-state index contributed by atoms with van der Waals surface area (Å²) in [5, 5.41) is 20.8. The number of thioether (sulfide) groups is 1. The highest BCUT2D eigenvalue weighted by Gasteiger charge is 2.36. The van der Waals surface area contributed by atoms with Crippen LogP contribution in [0.15, 0.2) is 37.2 Å². The molecule has 1 aromatic rings. The summed E-state index contributed by atoms with van der Waals surface area (Å²) in [5.41, 5.74) is 2.95. The molecular weight excluding hydrogens is 532 g/mol. The van der Waals surface area contributed by atoms with Crippen LogP contribution >= 0.6 is 23.7 Å². The lowest BCUT2D eigenvalue weighted by Crippen LogP contribution is -2.57. The number of nitrogens with one attached hydrogen (secondary N) is 2. The third kappa shape index (κ3) is 7.46. The first-order chi connectivity index (χ1) is 17.2. The van der Waals surface area contributed by atoms with Gasteiger partial charge in [-0.2, -0.15) is 10.2 Å². The van der Waals surface area contributed by atoms with Crippen molar-refractivity contribution in [3.63, 3.8) is 0 Å². The first-order valence-corrected chi connectivity index (χ1v) is 14.0. The zero-order valence-corrected chi connectivity index (χ0v) is 22.8. The Morgan fingerprint density at radius 3 is 2.53 bits per heavy atom. The van der Waals surface area contributed by atoms with Crippen molar-refractivity contribution in [3.05, 3.63) is 17.7 Å². The zero-order chi connectivity index (χ0) is 26.3. The third-order valence-corrected chi connectivity index (χ3v) is 8.93. The molecule has 1 unspecified atom stereocenters. The molecule has 0 aromatic heterocycles. The van der Waals surface area contributed by atoms with Crippen LogP contribution in [0.3, 0.4) is 0 Å². The number of aliphatic hydroxyl groups is 1. The number of hydrogen-bond donors (Lipinski definition) is 3. The summed E-state index contributed by atoms with van der Waals surface area (Å²) in [7, 11) is 0.570. The van der Waals surface area contributed by atoms with Gasteiger partial charge in [0, 0.05) is 66.2 Å². The molecule has 1 aromatic carbocycles. The van der Waals surface area contributed by atoms with Crippen molar-refractivity contribution in [2.75, 3.05) is 51.3 Å². The summed E-state index contributed by atoms with van der Waals surface area (Å²) in [6.07, 6.45) is -1.26. The Kier molecular flexibility index (Phi) is 10.7. The second-order valence-electron chi connectivity index (χ2n) is 8.29. The number of rotatable bonds is 11. The predicted octanol–water partition coefficient (Wildman–Crippen LogP) is 2.12. The molecule has 10 nitrogen and oxygen atoms in total. The Hall–Kier alpha value is -1.62. The molecule has 36 heavy (non-hydrogen) atoms. The quantitative estimate of drug-likeness (QED) is 0.0937. The van der Waals surface area contributed by atoms with Crippen LogP contribution in [0.1, 0.15) is 19.4 Å². The minimum absolute atomic E-state index is 0.0236. The molecular formula is C21H31F2N7O3S3. The molecule has 2 fully saturated rings. The third-order valence-electron chi connectivity index (χ3n) is 5.26. The zero-order valence-electron chi connectivity index (χ0n) is 20.3. The second-order valence-corrected chi connectivity index (χ2v) is 12.2. The van der Waals surface area contributed by atoms with Crippen molar-refractivity contribution in [2.45, 2.75) is 41.0 Å². The topological polar surface area (TPSA) is 114 Å². The van der Waals surface area contributed by atoms with E-state index in [1.807, 2.05) is 24.2 Å². The van der Waals surface area contributed by atoms with Crippen LogP contribution in [0.2, 0.25) is 0 Å². The molecule has 0 amide bonds. The van der Waals surface area contributed by atoms with Crippen molar-refractivity contribution in [1.29, 1.82) is 0 Å². The van der Waals surface area contributed by atoms with Gasteiger partial charge in [0.25, 0.3) is 6.43 Å². The van der Waals surface area contributed by atoms with E-state index in [1.165, 1.54) is 11.9 Å². The Labute approximate surface area is 220 Å². The fourth-order valence-corrected chi connectivity index (χ4v) is 6.29. The van der Waals surface area contributed by atoms with Gasteiger partial charge in [0.05, 0.1) is 30.4 Å². The van der Waals surface area contributed by atoms with E-state index in [0.29, 0.717) is 41.5 Å². The maximum Gasteiger partial charge on any atom is 0.288 e. The predicted molar refractivity (Wildman–Crippen MR) is 144 cm³/mol. The van der Waals surface area contributed by atoms with Crippen molar-refractivity contribution >= 4 is 58.4 Å². The van der Waals surface area contributed by atoms with Gasteiger partial charge in [-0.15, -0.1) is 5.10 Å². The normalized spacial score (nSPS) is 19.7. The highest BCUT2D eigenvalue weighted by Crippen LogP contribution is 2.37. The first kappa shape index (κ1) is 28.9. The van der Waals surface area contributed by atoms with Gasteiger partial charge in [0.2, 0.25) is 0 Å². The van der Waals surface area contributed by atoms with Crippen molar-refractivity contribution in [1.82, 2.24) is 14.5 Å². The van der Waals surface area contributed by atoms with E-state index >= 15 is 0 Å². The van der Waals surface area contributed by atoms with Crippen molar-refractivity contribution < 1.29 is 22.8 Å². The average molecular weight is 564 g/mol. The fourth-order valence-electron chi connectivity index (χ4n) is 3.46. The van der Waals surface area contributed by atoms with E-state index in [4.69, 9.17) is 4.74 Å². The lowest BCUT2D eigenvalue weighted by atomic mass is 10.1. The Morgan fingerprint density at radius 1 is 1.31 bits per heavy atom. The van der Waals surface area contributed by atoms with Gasteiger partial charge < -0.3 is 20.2 Å². The number of anilines is 1. The summed E-state index contributed by atoms with van der Waals surface area (Å²) in [5.74, 6) is 0. The molecule has 1 atom stereocenters. The molecule has 0 aliphatic carbocycles. The number of alkyl halides is 2. The summed E-state index contributed by atoms with van der Waals surface area (Å²) in [6.45, 7) is 9.72. The Balaban J connectivity index is 1.98. The van der Waals surface area contributed by atoms with Crippen LogP contribution in [0.4, 0.5) is 14.5 Å². The summed E-state index contributed by atoms with van der Waals surface area (Å²) in [4.78, 5) is 3.30. The number of ether oxygens (including phenoxy) is 1. The molecule has 200 valence electrons. The number of benzene rings is 1. The average Bonchev–Trinajstić information content (AvgIpc) is 2.84. The van der Waals surface area contributed by atoms with E-state index in [9.17, 15) is 18.1 Å². The lowest BCUT2D eigenvalue weighted by molar-refractivity contribution is -0.182. The molecule has 15 heteroatoms. The number of halogens is 2. The monoisotopic (exact) mass is 563 g/mol. The van der Waals surface area contributed by atoms with Crippen LogP contribution in [0.25, 0.3) is 0 Å². The van der Waals surface area contributed by atoms with Gasteiger partial charge >= 0.3 is 0 Å². The molecule has 3 N–H and O–H groups in total. The maximum absolute atomic E-state index is 13.7. The molecule has 2 aliphatic rings. The van der Waals surface area contributed by atoms with Crippen molar-refractivity contribution in [2.24, 2.45) is 15.3 Å². The lowest BCUT2D eigenvalue weighted by Gasteiger charge is -2.37. The van der Waals surface area contributed by atoms with E-state index in [1.54, 1.807) is 19.3 Å². The molecule has 0 bridgehead atoms. The van der Waals surface area contributed by atoms with Gasteiger partial charge in [-0.3, -0.25) is 0 Å². The molecule has 0 radical (unpaired) electrons. The van der Waals surface area contributed by atoms with E-state index < -0.39 is 28.2 Å². The number of hydrazone groups is 1. The minimum Gasteiger partial charge on any atom is -0.372 e. The van der Waals surface area contributed by atoms with Gasteiger partial charge in [0.15, 0.2) is 10.8 Å². The van der Waals surface area contributed by atoms with Crippen LogP contribution in [-0.2, 0) is 15.7 Å². The van der Waals surface area contributed by atoms with Gasteiger partial charge in [-0.05, 0) is 37.9 Å². The largest absolute Gasteiger partial charge is 0.372 e. The number of nitrogens with zero attached hydrogens (tertiary/aromatic N) is 5.